The van der Waals surface area contributed by atoms with Crippen LogP contribution in [0.15, 0.2) is 53.7 Å². The first kappa shape index (κ1) is 20.7. The summed E-state index contributed by atoms with van der Waals surface area (Å²) in [6.07, 6.45) is 2.13. The van der Waals surface area contributed by atoms with Crippen molar-refractivity contribution in [2.75, 3.05) is 23.5 Å². The molecule has 2 aromatic carbocycles. The van der Waals surface area contributed by atoms with E-state index < -0.39 is 0 Å². The van der Waals surface area contributed by atoms with Gasteiger partial charge < -0.3 is 15.9 Å². The number of aryl methyl sites for hydroxylation is 1. The molecule has 0 unspecified atom stereocenters. The van der Waals surface area contributed by atoms with Crippen LogP contribution in [-0.4, -0.2) is 33.1 Å². The molecule has 3 aromatic rings. The van der Waals surface area contributed by atoms with Crippen LogP contribution in [0, 0.1) is 0 Å². The van der Waals surface area contributed by atoms with Crippen molar-refractivity contribution >= 4 is 23.4 Å². The first-order chi connectivity index (χ1) is 14.1. The molecule has 0 atom stereocenters. The third kappa shape index (κ3) is 5.51. The average molecular weight is 412 g/mol. The van der Waals surface area contributed by atoms with Crippen LogP contribution in [0.1, 0.15) is 25.8 Å². The predicted octanol–water partition coefficient (Wildman–Crippen LogP) is 3.74. The number of nitrogens with two attached hydrogens (primary N) is 1. The monoisotopic (exact) mass is 411 g/mol. The van der Waals surface area contributed by atoms with Crippen LogP contribution >= 0.6 is 11.8 Å². The lowest BCUT2D eigenvalue weighted by Crippen LogP contribution is -2.16. The first-order valence-electron chi connectivity index (χ1n) is 9.56. The molecule has 1 amide bonds. The minimum Gasteiger partial charge on any atom is -0.494 e. The molecule has 0 bridgehead atoms. The van der Waals surface area contributed by atoms with Gasteiger partial charge in [0.1, 0.15) is 5.75 Å². The third-order valence-corrected chi connectivity index (χ3v) is 5.14. The van der Waals surface area contributed by atoms with Gasteiger partial charge >= 0.3 is 0 Å². The number of hydrogen-bond acceptors (Lipinski definition) is 6. The van der Waals surface area contributed by atoms with Crippen LogP contribution in [-0.2, 0) is 11.2 Å². The maximum atomic E-state index is 12.2. The molecule has 0 fully saturated rings. The van der Waals surface area contributed by atoms with Gasteiger partial charge in [0.25, 0.3) is 0 Å². The molecule has 3 N–H and O–H groups in total. The highest BCUT2D eigenvalue weighted by atomic mass is 32.2. The third-order valence-electron chi connectivity index (χ3n) is 4.20. The summed E-state index contributed by atoms with van der Waals surface area (Å²) < 4.78 is 6.84. The van der Waals surface area contributed by atoms with E-state index in [1.807, 2.05) is 55.5 Å². The largest absolute Gasteiger partial charge is 0.494 e. The Morgan fingerprint density at radius 1 is 1.10 bits per heavy atom. The summed E-state index contributed by atoms with van der Waals surface area (Å²) in [4.78, 5) is 12.2. The number of carbonyl (C=O) groups excluding carboxylic acids is 1. The van der Waals surface area contributed by atoms with E-state index in [-0.39, 0.29) is 11.7 Å². The van der Waals surface area contributed by atoms with Crippen molar-refractivity contribution in [1.29, 1.82) is 0 Å². The number of ether oxygens (including phenoxy) is 1. The summed E-state index contributed by atoms with van der Waals surface area (Å²) in [7, 11) is 0. The SMILES string of the molecule is CCCc1ccc(NC(=O)CSc2nnc(-c3ccc(OCC)cc3)n2N)cc1. The number of carbonyl (C=O) groups is 1. The molecule has 0 saturated carbocycles. The highest BCUT2D eigenvalue weighted by Gasteiger charge is 2.14. The van der Waals surface area contributed by atoms with Crippen molar-refractivity contribution < 1.29 is 9.53 Å². The van der Waals surface area contributed by atoms with E-state index in [1.54, 1.807) is 0 Å². The molecule has 29 heavy (non-hydrogen) atoms. The lowest BCUT2D eigenvalue weighted by molar-refractivity contribution is -0.113. The Morgan fingerprint density at radius 3 is 2.48 bits per heavy atom. The van der Waals surface area contributed by atoms with Crippen molar-refractivity contribution in [3.63, 3.8) is 0 Å². The minimum atomic E-state index is -0.121. The lowest BCUT2D eigenvalue weighted by Gasteiger charge is -2.07. The van der Waals surface area contributed by atoms with Gasteiger partial charge in [0.2, 0.25) is 11.1 Å². The number of anilines is 1. The Hall–Kier alpha value is -3.00. The minimum absolute atomic E-state index is 0.121. The molecule has 3 rings (SSSR count). The summed E-state index contributed by atoms with van der Waals surface area (Å²) in [5, 5.41) is 11.6. The van der Waals surface area contributed by atoms with E-state index in [9.17, 15) is 4.79 Å². The zero-order valence-electron chi connectivity index (χ0n) is 16.6. The molecule has 1 aromatic heterocycles. The molecule has 8 heteroatoms. The number of rotatable bonds is 9. The second kappa shape index (κ2) is 9.97. The summed E-state index contributed by atoms with van der Waals surface area (Å²) >= 11 is 1.24. The normalized spacial score (nSPS) is 10.7. The molecule has 0 aliphatic heterocycles. The van der Waals surface area contributed by atoms with Crippen molar-refractivity contribution in [2.24, 2.45) is 0 Å². The van der Waals surface area contributed by atoms with E-state index in [2.05, 4.69) is 22.4 Å². The first-order valence-corrected chi connectivity index (χ1v) is 10.5. The van der Waals surface area contributed by atoms with Gasteiger partial charge in [-0.3, -0.25) is 4.79 Å². The fourth-order valence-electron chi connectivity index (χ4n) is 2.81. The fourth-order valence-corrected chi connectivity index (χ4v) is 3.47. The number of benzene rings is 2. The van der Waals surface area contributed by atoms with Crippen molar-refractivity contribution in [3.8, 4) is 17.1 Å². The van der Waals surface area contributed by atoms with E-state index in [1.165, 1.54) is 22.0 Å². The maximum absolute atomic E-state index is 12.2. The summed E-state index contributed by atoms with van der Waals surface area (Å²) in [6, 6.07) is 15.4. The smallest absolute Gasteiger partial charge is 0.234 e. The zero-order chi connectivity index (χ0) is 20.6. The lowest BCUT2D eigenvalue weighted by atomic mass is 10.1. The number of nitrogens with one attached hydrogen (secondary N) is 1. The van der Waals surface area contributed by atoms with Crippen molar-refractivity contribution in [2.45, 2.75) is 31.8 Å². The Balaban J connectivity index is 1.57. The highest BCUT2D eigenvalue weighted by molar-refractivity contribution is 7.99. The second-order valence-electron chi connectivity index (χ2n) is 6.42. The van der Waals surface area contributed by atoms with Crippen molar-refractivity contribution in [1.82, 2.24) is 14.9 Å². The number of amides is 1. The second-order valence-corrected chi connectivity index (χ2v) is 7.36. The van der Waals surface area contributed by atoms with Gasteiger partial charge in [-0.1, -0.05) is 37.2 Å². The molecular formula is C21H25N5O2S. The van der Waals surface area contributed by atoms with E-state index >= 15 is 0 Å². The van der Waals surface area contributed by atoms with Gasteiger partial charge in [-0.15, -0.1) is 10.2 Å². The predicted molar refractivity (Wildman–Crippen MR) is 117 cm³/mol. The molecule has 152 valence electrons. The van der Waals surface area contributed by atoms with Crippen molar-refractivity contribution in [3.05, 3.63) is 54.1 Å². The van der Waals surface area contributed by atoms with Gasteiger partial charge in [0.15, 0.2) is 5.82 Å². The van der Waals surface area contributed by atoms with E-state index in [0.717, 1.165) is 29.8 Å². The van der Waals surface area contributed by atoms with Gasteiger partial charge in [0.05, 0.1) is 12.4 Å². The van der Waals surface area contributed by atoms with E-state index in [4.69, 9.17) is 10.6 Å². The quantitative estimate of drug-likeness (QED) is 0.411. The van der Waals surface area contributed by atoms with E-state index in [0.29, 0.717) is 17.6 Å². The molecule has 0 radical (unpaired) electrons. The van der Waals surface area contributed by atoms with Crippen LogP contribution in [0.5, 0.6) is 5.75 Å². The van der Waals surface area contributed by atoms with Gasteiger partial charge in [0, 0.05) is 11.3 Å². The van der Waals surface area contributed by atoms with Crippen LogP contribution in [0.4, 0.5) is 5.69 Å². The number of thioether (sulfide) groups is 1. The standard InChI is InChI=1S/C21H25N5O2S/c1-3-5-15-6-10-17(11-7-15)23-19(27)14-29-21-25-24-20(26(21)22)16-8-12-18(13-9-16)28-4-2/h6-13H,3-5,14,22H2,1-2H3,(H,23,27). The Labute approximate surface area is 174 Å². The summed E-state index contributed by atoms with van der Waals surface area (Å²) in [5.74, 6) is 7.51. The number of nitrogen functional groups attached to an aromatic ring is 1. The Kier molecular flexibility index (Phi) is 7.13. The molecular weight excluding hydrogens is 386 g/mol. The number of aromatic nitrogens is 3. The Morgan fingerprint density at radius 2 is 1.83 bits per heavy atom. The maximum Gasteiger partial charge on any atom is 0.234 e. The molecule has 1 heterocycles. The van der Waals surface area contributed by atoms with Crippen LogP contribution < -0.4 is 15.9 Å². The van der Waals surface area contributed by atoms with Gasteiger partial charge in [-0.25, -0.2) is 4.68 Å². The van der Waals surface area contributed by atoms with Gasteiger partial charge in [-0.2, -0.15) is 0 Å². The molecule has 0 spiro atoms. The number of nitrogens with zero attached hydrogens (tertiary/aromatic N) is 3. The van der Waals surface area contributed by atoms with Crippen LogP contribution in [0.3, 0.4) is 0 Å². The number of hydrogen-bond donors (Lipinski definition) is 2. The molecule has 0 saturated heterocycles. The molecule has 0 aliphatic rings. The summed E-state index contributed by atoms with van der Waals surface area (Å²) in [5.41, 5.74) is 2.87. The topological polar surface area (TPSA) is 95.1 Å². The summed E-state index contributed by atoms with van der Waals surface area (Å²) in [6.45, 7) is 4.69. The van der Waals surface area contributed by atoms with Crippen LogP contribution in [0.2, 0.25) is 0 Å². The molecule has 7 nitrogen and oxygen atoms in total. The average Bonchev–Trinajstić information content (AvgIpc) is 3.09. The Bertz CT molecular complexity index is 939. The van der Waals surface area contributed by atoms with Gasteiger partial charge in [-0.05, 0) is 55.3 Å². The molecule has 0 aliphatic carbocycles. The fraction of sp³-hybridized carbons (Fsp3) is 0.286. The highest BCUT2D eigenvalue weighted by Crippen LogP contribution is 2.24. The van der Waals surface area contributed by atoms with Crippen LogP contribution in [0.25, 0.3) is 11.4 Å². The zero-order valence-corrected chi connectivity index (χ0v) is 17.4.